The van der Waals surface area contributed by atoms with E-state index in [1.807, 2.05) is 0 Å². The molecule has 3 heteroatoms. The van der Waals surface area contributed by atoms with Gasteiger partial charge in [-0.2, -0.15) is 0 Å². The van der Waals surface area contributed by atoms with Crippen LogP contribution in [0.3, 0.4) is 0 Å². The van der Waals surface area contributed by atoms with E-state index >= 15 is 0 Å². The van der Waals surface area contributed by atoms with Crippen LogP contribution in [0, 0.1) is 0 Å². The Morgan fingerprint density at radius 1 is 1.30 bits per heavy atom. The van der Waals surface area contributed by atoms with E-state index < -0.39 is 5.97 Å². The van der Waals surface area contributed by atoms with Gasteiger partial charge in [-0.3, -0.25) is 0 Å². The molecule has 0 aliphatic rings. The summed E-state index contributed by atoms with van der Waals surface area (Å²) < 4.78 is 0.924. The number of carboxylic acid groups (broad SMARTS) is 1. The number of benzene rings is 1. The first-order chi connectivity index (χ1) is 4.70. The second kappa shape index (κ2) is 2.96. The van der Waals surface area contributed by atoms with Gasteiger partial charge in [-0.1, -0.05) is 0 Å². The number of carbonyl (C=O) groups is 1. The molecule has 0 aliphatic heterocycles. The Balaban J connectivity index is 3.00. The van der Waals surface area contributed by atoms with Crippen molar-refractivity contribution in [1.82, 2.24) is 0 Å². The minimum absolute atomic E-state index is 0.315. The number of aromatic carboxylic acids is 1. The fourth-order valence-corrected chi connectivity index (χ4v) is 0.841. The molecule has 1 aromatic carbocycles. The van der Waals surface area contributed by atoms with Crippen molar-refractivity contribution in [2.24, 2.45) is 0 Å². The Morgan fingerprint density at radius 2 is 1.80 bits per heavy atom. The summed E-state index contributed by atoms with van der Waals surface area (Å²) in [7, 11) is 0. The molecule has 0 atom stereocenters. The fraction of sp³-hybridized carbons (Fsp3) is 0. The molecule has 10 heavy (non-hydrogen) atoms. The summed E-state index contributed by atoms with van der Waals surface area (Å²) in [6, 6.07) is 6.54. The van der Waals surface area contributed by atoms with E-state index in [0.717, 1.165) is 4.04 Å². The molecule has 0 amide bonds. The van der Waals surface area contributed by atoms with Crippen molar-refractivity contribution in [2.75, 3.05) is 0 Å². The molecule has 0 bridgehead atoms. The first-order valence-corrected chi connectivity index (χ1v) is 3.43. The van der Waals surface area contributed by atoms with Crippen molar-refractivity contribution in [3.63, 3.8) is 0 Å². The van der Waals surface area contributed by atoms with Crippen LogP contribution in [-0.2, 0) is 19.2 Å². The van der Waals surface area contributed by atoms with Gasteiger partial charge in [0.1, 0.15) is 0 Å². The van der Waals surface area contributed by atoms with Crippen molar-refractivity contribution in [2.45, 2.75) is 0 Å². The van der Waals surface area contributed by atoms with Crippen LogP contribution in [0.2, 0.25) is 0 Å². The zero-order valence-electron chi connectivity index (χ0n) is 4.98. The second-order valence-electron chi connectivity index (χ2n) is 1.78. The molecule has 2 nitrogen and oxygen atoms in total. The van der Waals surface area contributed by atoms with Gasteiger partial charge >= 0.3 is 68.9 Å². The SMILES string of the molecule is O=C(O)c1cc[c]([Pd])cc1. The van der Waals surface area contributed by atoms with E-state index in [1.165, 1.54) is 0 Å². The predicted octanol–water partition coefficient (Wildman–Crippen LogP) is 0.557. The molecule has 0 radical (unpaired) electrons. The van der Waals surface area contributed by atoms with Gasteiger partial charge in [0.25, 0.3) is 0 Å². The number of rotatable bonds is 1. The van der Waals surface area contributed by atoms with Gasteiger partial charge < -0.3 is 0 Å². The van der Waals surface area contributed by atoms with Crippen molar-refractivity contribution < 1.29 is 29.1 Å². The maximum atomic E-state index is 10.3. The van der Waals surface area contributed by atoms with Gasteiger partial charge in [0, 0.05) is 0 Å². The average molecular weight is 228 g/mol. The second-order valence-corrected chi connectivity index (χ2v) is 2.67. The summed E-state index contributed by atoms with van der Waals surface area (Å²) in [5.41, 5.74) is 0.315. The Bertz CT molecular complexity index is 240. The van der Waals surface area contributed by atoms with E-state index in [1.54, 1.807) is 24.3 Å². The van der Waals surface area contributed by atoms with Gasteiger partial charge in [-0.25, -0.2) is 0 Å². The van der Waals surface area contributed by atoms with Crippen LogP contribution in [0.5, 0.6) is 0 Å². The summed E-state index contributed by atoms with van der Waals surface area (Å²) in [5.74, 6) is -0.892. The average Bonchev–Trinajstić information content (AvgIpc) is 1.88. The van der Waals surface area contributed by atoms with E-state index in [2.05, 4.69) is 19.2 Å². The third-order valence-corrected chi connectivity index (χ3v) is 1.59. The summed E-state index contributed by atoms with van der Waals surface area (Å²) in [5, 5.41) is 8.46. The molecule has 0 saturated heterocycles. The van der Waals surface area contributed by atoms with E-state index in [9.17, 15) is 4.79 Å². The van der Waals surface area contributed by atoms with E-state index in [-0.39, 0.29) is 0 Å². The van der Waals surface area contributed by atoms with Crippen molar-refractivity contribution in [3.05, 3.63) is 29.8 Å². The third kappa shape index (κ3) is 1.66. The first kappa shape index (κ1) is 7.46. The van der Waals surface area contributed by atoms with E-state index in [0.29, 0.717) is 5.56 Å². The van der Waals surface area contributed by atoms with Gasteiger partial charge in [0.05, 0.1) is 0 Å². The third-order valence-electron chi connectivity index (χ3n) is 1.07. The summed E-state index contributed by atoms with van der Waals surface area (Å²) in [4.78, 5) is 10.3. The normalized spacial score (nSPS) is 9.40. The van der Waals surface area contributed by atoms with Gasteiger partial charge in [-0.15, -0.1) is 0 Å². The topological polar surface area (TPSA) is 37.3 Å². The van der Waals surface area contributed by atoms with Crippen LogP contribution in [0.4, 0.5) is 0 Å². The minimum atomic E-state index is -0.892. The Kier molecular flexibility index (Phi) is 2.21. The fourth-order valence-electron chi connectivity index (χ4n) is 0.582. The van der Waals surface area contributed by atoms with Gasteiger partial charge in [0.15, 0.2) is 0 Å². The number of hydrogen-bond donors (Lipinski definition) is 1. The quantitative estimate of drug-likeness (QED) is 0.712. The van der Waals surface area contributed by atoms with Crippen LogP contribution in [0.15, 0.2) is 24.3 Å². The van der Waals surface area contributed by atoms with Crippen LogP contribution in [0.1, 0.15) is 10.4 Å². The molecule has 0 saturated carbocycles. The molecule has 1 aromatic rings. The van der Waals surface area contributed by atoms with Gasteiger partial charge in [-0.05, 0) is 0 Å². The van der Waals surface area contributed by atoms with Crippen LogP contribution in [0.25, 0.3) is 0 Å². The molecule has 0 unspecified atom stereocenters. The monoisotopic (exact) mass is 227 g/mol. The van der Waals surface area contributed by atoms with Crippen LogP contribution < -0.4 is 4.04 Å². The Morgan fingerprint density at radius 3 is 2.20 bits per heavy atom. The van der Waals surface area contributed by atoms with Crippen LogP contribution >= 0.6 is 0 Å². The molecule has 0 aromatic heterocycles. The summed E-state index contributed by atoms with van der Waals surface area (Å²) in [6.45, 7) is 0. The van der Waals surface area contributed by atoms with Gasteiger partial charge in [0.2, 0.25) is 0 Å². The molecular weight excluding hydrogens is 222 g/mol. The summed E-state index contributed by atoms with van der Waals surface area (Å²) >= 11 is 2.95. The zero-order valence-corrected chi connectivity index (χ0v) is 6.54. The molecule has 55 valence electrons. The Labute approximate surface area is 69.3 Å². The molecule has 0 fully saturated rings. The molecular formula is C7H5O2Pd. The van der Waals surface area contributed by atoms with Crippen molar-refractivity contribution in [3.8, 4) is 0 Å². The zero-order chi connectivity index (χ0) is 7.56. The number of hydrogen-bond acceptors (Lipinski definition) is 1. The van der Waals surface area contributed by atoms with Crippen molar-refractivity contribution >= 4 is 10.0 Å². The molecule has 0 heterocycles. The number of carboxylic acids is 1. The standard InChI is InChI=1S/C7H5O2.Pd/c8-7(9)6-4-2-1-3-5-6;/h2-5H,(H,8,9);. The molecule has 0 spiro atoms. The van der Waals surface area contributed by atoms with Crippen LogP contribution in [-0.4, -0.2) is 11.1 Å². The first-order valence-electron chi connectivity index (χ1n) is 2.66. The predicted molar refractivity (Wildman–Crippen MR) is 33.0 cm³/mol. The summed E-state index contributed by atoms with van der Waals surface area (Å²) in [6.07, 6.45) is 0. The van der Waals surface area contributed by atoms with Crippen molar-refractivity contribution in [1.29, 1.82) is 0 Å². The molecule has 1 N–H and O–H groups in total. The maximum absolute atomic E-state index is 10.3. The Hall–Kier alpha value is -0.648. The molecule has 1 rings (SSSR count). The van der Waals surface area contributed by atoms with E-state index in [4.69, 9.17) is 5.11 Å². The molecule has 0 aliphatic carbocycles.